The quantitative estimate of drug-likeness (QED) is 0.0960. The zero-order valence-corrected chi connectivity index (χ0v) is 32.8. The van der Waals surface area contributed by atoms with E-state index in [-0.39, 0.29) is 15.8 Å². The van der Waals surface area contributed by atoms with Crippen LogP contribution in [0.25, 0.3) is 0 Å². The van der Waals surface area contributed by atoms with Gasteiger partial charge in [-0.05, 0) is 43.3 Å². The zero-order chi connectivity index (χ0) is 35.1. The lowest BCUT2D eigenvalue weighted by Crippen LogP contribution is -2.75. The maximum absolute atomic E-state index is 7.78. The predicted molar refractivity (Wildman–Crippen MR) is 218 cm³/mol. The lowest BCUT2D eigenvalue weighted by Gasteiger charge is -2.39. The molecule has 0 bridgehead atoms. The van der Waals surface area contributed by atoms with E-state index in [1.165, 1.54) is 0 Å². The van der Waals surface area contributed by atoms with Gasteiger partial charge in [-0.2, -0.15) is 0 Å². The molecule has 0 spiro atoms. The van der Waals surface area contributed by atoms with Crippen LogP contribution < -0.4 is 34.9 Å². The summed E-state index contributed by atoms with van der Waals surface area (Å²) in [7, 11) is -6.73. The van der Waals surface area contributed by atoms with Crippen LogP contribution in [-0.2, 0) is 6.96 Å². The average Bonchev–Trinajstić information content (AvgIpc) is 3.19. The van der Waals surface area contributed by atoms with Gasteiger partial charge in [-0.3, -0.25) is 0 Å². The smallest absolute Gasteiger partial charge is 0.597 e. The first-order chi connectivity index (χ1) is 25.0. The summed E-state index contributed by atoms with van der Waals surface area (Å²) in [6, 6.07) is 65.6. The van der Waals surface area contributed by atoms with Crippen LogP contribution in [0, 0.1) is 0 Å². The van der Waals surface area contributed by atoms with Crippen molar-refractivity contribution >= 4 is 97.7 Å². The largest absolute Gasteiger partial charge is 0.980 e. The fourth-order valence-corrected chi connectivity index (χ4v) is 20.6. The molecule has 0 saturated heterocycles. The summed E-state index contributed by atoms with van der Waals surface area (Å²) < 4.78 is 22.6. The molecular formula is C42H32AlCl3O3Si2. The molecule has 0 aliphatic carbocycles. The minimum absolute atomic E-state index is 0.272. The third-order valence-corrected chi connectivity index (χ3v) is 21.3. The second kappa shape index (κ2) is 16.2. The summed E-state index contributed by atoms with van der Waals surface area (Å²) in [6.07, 6.45) is 0. The van der Waals surface area contributed by atoms with Crippen LogP contribution in [0.5, 0.6) is 5.75 Å². The summed E-state index contributed by atoms with van der Waals surface area (Å²) in [4.78, 5) is 0. The molecule has 9 heteroatoms. The Morgan fingerprint density at radius 2 is 0.588 bits per heavy atom. The monoisotopic (exact) mass is 772 g/mol. The molecule has 0 fully saturated rings. The van der Waals surface area contributed by atoms with Crippen LogP contribution >= 0.6 is 34.8 Å². The van der Waals surface area contributed by atoms with E-state index in [9.17, 15) is 0 Å². The molecule has 0 heterocycles. The lowest BCUT2D eigenvalue weighted by molar-refractivity contribution is 0.312. The highest BCUT2D eigenvalue weighted by molar-refractivity contribution is 7.11. The topological polar surface area (TPSA) is 27.7 Å². The molecule has 0 radical (unpaired) electrons. The van der Waals surface area contributed by atoms with Crippen LogP contribution in [0.4, 0.5) is 0 Å². The first kappa shape index (κ1) is 35.5. The Hall–Kier alpha value is -3.90. The molecule has 7 aromatic rings. The van der Waals surface area contributed by atoms with E-state index in [2.05, 4.69) is 146 Å². The zero-order valence-electron chi connectivity index (χ0n) is 27.4. The second-order valence-corrected chi connectivity index (χ2v) is 22.0. The fourth-order valence-electron chi connectivity index (χ4n) is 6.54. The lowest BCUT2D eigenvalue weighted by atomic mass is 10.3. The van der Waals surface area contributed by atoms with Crippen LogP contribution in [0.1, 0.15) is 0 Å². The Balaban J connectivity index is 1.52. The van der Waals surface area contributed by atoms with Crippen LogP contribution in [-0.4, -0.2) is 31.8 Å². The van der Waals surface area contributed by atoms with Gasteiger partial charge in [-0.1, -0.05) is 217 Å². The molecule has 51 heavy (non-hydrogen) atoms. The Morgan fingerprint density at radius 3 is 0.824 bits per heavy atom. The van der Waals surface area contributed by atoms with Gasteiger partial charge in [-0.25, -0.2) is 0 Å². The van der Waals surface area contributed by atoms with E-state index >= 15 is 0 Å². The standard InChI is InChI=1S/2C18H15OSi.C6H3Cl3O.Al/c2*19-20(16-10-4-1-5-11-16,17-12-6-2-7-13-17)18-14-8-3-9-15-18;7-3-1-4(8)6(10)5(9)2-3;/h2*1-15H;1-2,10H;/q2*-1;;+3/p-1. The van der Waals surface area contributed by atoms with Gasteiger partial charge in [0.1, 0.15) is 5.75 Å². The Kier molecular flexibility index (Phi) is 11.3. The average molecular weight is 774 g/mol. The molecule has 0 unspecified atom stereocenters. The molecule has 0 aliphatic rings. The van der Waals surface area contributed by atoms with E-state index in [0.29, 0.717) is 5.02 Å². The summed E-state index contributed by atoms with van der Waals surface area (Å²) >= 11 is 16.7. The molecule has 0 N–H and O–H groups in total. The van der Waals surface area contributed by atoms with E-state index in [4.69, 9.17) is 45.5 Å². The molecule has 0 amide bonds. The number of rotatable bonds is 12. The molecule has 0 aromatic heterocycles. The van der Waals surface area contributed by atoms with Gasteiger partial charge >= 0.3 is 15.1 Å². The first-order valence-electron chi connectivity index (χ1n) is 16.5. The molecule has 3 nitrogen and oxygen atoms in total. The fraction of sp³-hybridized carbons (Fsp3) is 0. The van der Waals surface area contributed by atoms with Crippen molar-refractivity contribution in [2.75, 3.05) is 0 Å². The van der Waals surface area contributed by atoms with Gasteiger partial charge in [0.15, 0.2) is 0 Å². The highest BCUT2D eigenvalue weighted by Crippen LogP contribution is 2.37. The number of halogens is 3. The maximum Gasteiger partial charge on any atom is 0.980 e. The van der Waals surface area contributed by atoms with Gasteiger partial charge in [0, 0.05) is 5.02 Å². The third-order valence-electron chi connectivity index (χ3n) is 8.81. The van der Waals surface area contributed by atoms with Crippen molar-refractivity contribution in [2.24, 2.45) is 0 Å². The molecule has 0 atom stereocenters. The number of hydrogen-bond acceptors (Lipinski definition) is 3. The summed E-state index contributed by atoms with van der Waals surface area (Å²) in [5, 5.41) is 7.24. The molecular weight excluding hydrogens is 742 g/mol. The van der Waals surface area contributed by atoms with Crippen molar-refractivity contribution in [1.29, 1.82) is 0 Å². The van der Waals surface area contributed by atoms with Crippen molar-refractivity contribution in [3.8, 4) is 5.75 Å². The van der Waals surface area contributed by atoms with Gasteiger partial charge < -0.3 is 10.7 Å². The summed E-state index contributed by atoms with van der Waals surface area (Å²) in [5.74, 6) is 0.272. The van der Waals surface area contributed by atoms with Crippen LogP contribution in [0.3, 0.4) is 0 Å². The molecule has 7 rings (SSSR count). The van der Waals surface area contributed by atoms with Gasteiger partial charge in [0.05, 0.1) is 10.0 Å². The minimum Gasteiger partial charge on any atom is -0.597 e. The molecule has 0 aliphatic heterocycles. The van der Waals surface area contributed by atoms with E-state index in [0.717, 1.165) is 31.1 Å². The highest BCUT2D eigenvalue weighted by atomic mass is 35.5. The predicted octanol–water partition coefficient (Wildman–Crippen LogP) is 7.38. The normalized spacial score (nSPS) is 11.6. The van der Waals surface area contributed by atoms with E-state index in [1.807, 2.05) is 36.4 Å². The summed E-state index contributed by atoms with van der Waals surface area (Å²) in [6.45, 7) is 0. The van der Waals surface area contributed by atoms with Crippen molar-refractivity contribution in [3.63, 3.8) is 0 Å². The van der Waals surface area contributed by atoms with Crippen molar-refractivity contribution in [2.45, 2.75) is 0 Å². The highest BCUT2D eigenvalue weighted by Gasteiger charge is 2.56. The number of benzene rings is 7. The Labute approximate surface area is 321 Å². The van der Waals surface area contributed by atoms with E-state index in [1.54, 1.807) is 12.1 Å². The van der Waals surface area contributed by atoms with Crippen molar-refractivity contribution in [1.82, 2.24) is 0 Å². The Morgan fingerprint density at radius 1 is 0.353 bits per heavy atom. The van der Waals surface area contributed by atoms with Gasteiger partial charge in [0.2, 0.25) is 0 Å². The van der Waals surface area contributed by atoms with Crippen molar-refractivity contribution in [3.05, 3.63) is 209 Å². The van der Waals surface area contributed by atoms with Crippen LogP contribution in [0.15, 0.2) is 194 Å². The van der Waals surface area contributed by atoms with Gasteiger partial charge in [0.25, 0.3) is 16.6 Å². The number of hydrogen-bond donors (Lipinski definition) is 0. The third kappa shape index (κ3) is 7.39. The molecule has 0 saturated carbocycles. The van der Waals surface area contributed by atoms with E-state index < -0.39 is 31.8 Å². The first-order valence-corrected chi connectivity index (χ1v) is 22.9. The molecule has 7 aromatic carbocycles. The second-order valence-electron chi connectivity index (χ2n) is 11.9. The molecule has 250 valence electrons. The SMILES string of the molecule is Clc1cc(Cl)c([O][Al]([O][Si](c2ccccc2)(c2ccccc2)c2ccccc2)[O][Si](c2ccccc2)(c2ccccc2)c2ccccc2)c(Cl)c1. The maximum atomic E-state index is 7.78. The van der Waals surface area contributed by atoms with Gasteiger partial charge in [-0.15, -0.1) is 0 Å². The Bertz CT molecular complexity index is 1820. The summed E-state index contributed by atoms with van der Waals surface area (Å²) in [5.41, 5.74) is 0. The van der Waals surface area contributed by atoms with Crippen molar-refractivity contribution < 1.29 is 10.7 Å². The van der Waals surface area contributed by atoms with Crippen LogP contribution in [0.2, 0.25) is 15.1 Å². The minimum atomic E-state index is -3.39.